The van der Waals surface area contributed by atoms with Crippen molar-refractivity contribution in [1.82, 2.24) is 15.3 Å². The van der Waals surface area contributed by atoms with Gasteiger partial charge in [-0.3, -0.25) is 0 Å². The zero-order valence-corrected chi connectivity index (χ0v) is 15.1. The van der Waals surface area contributed by atoms with E-state index in [4.69, 9.17) is 9.97 Å². The van der Waals surface area contributed by atoms with Crippen molar-refractivity contribution in [3.05, 3.63) is 53.0 Å². The molecule has 5 heteroatoms. The summed E-state index contributed by atoms with van der Waals surface area (Å²) >= 11 is 0. The molecule has 2 aromatic rings. The van der Waals surface area contributed by atoms with Crippen molar-refractivity contribution in [1.29, 1.82) is 0 Å². The third-order valence-electron chi connectivity index (χ3n) is 4.76. The normalized spacial score (nSPS) is 15.5. The Morgan fingerprint density at radius 2 is 1.88 bits per heavy atom. The number of aliphatic hydroxyl groups is 1. The number of hydrogen-bond acceptors (Lipinski definition) is 5. The first-order valence-corrected chi connectivity index (χ1v) is 9.18. The summed E-state index contributed by atoms with van der Waals surface area (Å²) in [6, 6.07) is 10.3. The second kappa shape index (κ2) is 8.41. The third kappa shape index (κ3) is 4.55. The van der Waals surface area contributed by atoms with Gasteiger partial charge in [0.2, 0.25) is 0 Å². The molecule has 25 heavy (non-hydrogen) atoms. The lowest BCUT2D eigenvalue weighted by atomic mass is 10.0. The van der Waals surface area contributed by atoms with Gasteiger partial charge in [-0.05, 0) is 24.4 Å². The molecule has 1 unspecified atom stereocenters. The molecule has 0 fully saturated rings. The van der Waals surface area contributed by atoms with Crippen LogP contribution in [0.5, 0.6) is 0 Å². The predicted molar refractivity (Wildman–Crippen MR) is 101 cm³/mol. The van der Waals surface area contributed by atoms with E-state index in [2.05, 4.69) is 36.6 Å². The lowest BCUT2D eigenvalue weighted by Crippen LogP contribution is -2.31. The van der Waals surface area contributed by atoms with Crippen molar-refractivity contribution in [3.8, 4) is 0 Å². The first-order valence-electron chi connectivity index (χ1n) is 9.18. The molecule has 0 saturated heterocycles. The second-order valence-corrected chi connectivity index (χ2v) is 7.00. The Kier molecular flexibility index (Phi) is 6.00. The van der Waals surface area contributed by atoms with Crippen molar-refractivity contribution < 1.29 is 5.11 Å². The van der Waals surface area contributed by atoms with Gasteiger partial charge in [-0.2, -0.15) is 0 Å². The van der Waals surface area contributed by atoms with Crippen molar-refractivity contribution in [2.24, 2.45) is 5.92 Å². The summed E-state index contributed by atoms with van der Waals surface area (Å²) in [5.41, 5.74) is 3.54. The first kappa shape index (κ1) is 17.8. The number of nitrogens with zero attached hydrogens (tertiary/aromatic N) is 2. The highest BCUT2D eigenvalue weighted by Gasteiger charge is 2.20. The maximum atomic E-state index is 9.70. The minimum Gasteiger partial charge on any atom is -0.394 e. The fourth-order valence-corrected chi connectivity index (χ4v) is 3.17. The van der Waals surface area contributed by atoms with Crippen molar-refractivity contribution in [3.63, 3.8) is 0 Å². The van der Waals surface area contributed by atoms with Crippen LogP contribution in [0.1, 0.15) is 36.5 Å². The maximum Gasteiger partial charge on any atom is 0.135 e. The van der Waals surface area contributed by atoms with Crippen molar-refractivity contribution >= 4 is 5.82 Å². The van der Waals surface area contributed by atoms with E-state index < -0.39 is 0 Å². The summed E-state index contributed by atoms with van der Waals surface area (Å²) in [5.74, 6) is 2.07. The summed E-state index contributed by atoms with van der Waals surface area (Å²) in [7, 11) is 0. The average molecular weight is 340 g/mol. The fraction of sp³-hybridized carbons (Fsp3) is 0.500. The number of nitrogens with one attached hydrogen (secondary N) is 2. The summed E-state index contributed by atoms with van der Waals surface area (Å²) < 4.78 is 0. The van der Waals surface area contributed by atoms with Crippen LogP contribution in [0.2, 0.25) is 0 Å². The van der Waals surface area contributed by atoms with Gasteiger partial charge in [-0.15, -0.1) is 0 Å². The molecule has 1 aromatic heterocycles. The molecule has 3 N–H and O–H groups in total. The van der Waals surface area contributed by atoms with Gasteiger partial charge in [-0.25, -0.2) is 9.97 Å². The summed E-state index contributed by atoms with van der Waals surface area (Å²) in [6.07, 6.45) is 2.56. The van der Waals surface area contributed by atoms with E-state index in [1.165, 1.54) is 11.1 Å². The van der Waals surface area contributed by atoms with E-state index in [1.807, 2.05) is 18.2 Å². The molecule has 0 spiro atoms. The minimum atomic E-state index is -0.000197. The van der Waals surface area contributed by atoms with Crippen LogP contribution < -0.4 is 10.6 Å². The first-order chi connectivity index (χ1) is 12.2. The average Bonchev–Trinajstić information content (AvgIpc) is 2.85. The fourth-order valence-electron chi connectivity index (χ4n) is 3.17. The molecule has 134 valence electrons. The smallest absolute Gasteiger partial charge is 0.135 e. The van der Waals surface area contributed by atoms with Crippen LogP contribution in [-0.4, -0.2) is 40.8 Å². The van der Waals surface area contributed by atoms with Crippen LogP contribution >= 0.6 is 0 Å². The summed E-state index contributed by atoms with van der Waals surface area (Å²) in [5, 5.41) is 16.6. The molecule has 0 bridgehead atoms. The Balaban J connectivity index is 1.94. The quantitative estimate of drug-likeness (QED) is 0.752. The van der Waals surface area contributed by atoms with Crippen LogP contribution in [-0.2, 0) is 19.3 Å². The van der Waals surface area contributed by atoms with Gasteiger partial charge in [0.05, 0.1) is 18.3 Å². The molecule has 1 aliphatic heterocycles. The standard InChI is InChI=1S/C20H28N4O/c1-14(2)18(13-25)23-20-16-8-10-21-11-9-17(16)22-19(24-20)12-15-6-4-3-5-7-15/h3-7,14,18,21,25H,8-13H2,1-2H3,(H,22,23,24). The molecule has 0 aliphatic carbocycles. The van der Waals surface area contributed by atoms with E-state index in [0.29, 0.717) is 5.92 Å². The maximum absolute atomic E-state index is 9.70. The topological polar surface area (TPSA) is 70.1 Å². The number of rotatable bonds is 6. The van der Waals surface area contributed by atoms with Crippen LogP contribution in [0.4, 0.5) is 5.82 Å². The lowest BCUT2D eigenvalue weighted by Gasteiger charge is -2.23. The SMILES string of the molecule is CC(C)C(CO)Nc1nc(Cc2ccccc2)nc2c1CCNCC2. The van der Waals surface area contributed by atoms with Crippen LogP contribution in [0.15, 0.2) is 30.3 Å². The number of anilines is 1. The van der Waals surface area contributed by atoms with Crippen molar-refractivity contribution in [2.75, 3.05) is 25.0 Å². The largest absolute Gasteiger partial charge is 0.394 e. The lowest BCUT2D eigenvalue weighted by molar-refractivity contribution is 0.249. The van der Waals surface area contributed by atoms with Gasteiger partial charge in [0.25, 0.3) is 0 Å². The molecule has 0 radical (unpaired) electrons. The Hall–Kier alpha value is -1.98. The highest BCUT2D eigenvalue weighted by Crippen LogP contribution is 2.22. The number of hydrogen-bond donors (Lipinski definition) is 3. The zero-order chi connectivity index (χ0) is 17.6. The monoisotopic (exact) mass is 340 g/mol. The Morgan fingerprint density at radius 1 is 1.12 bits per heavy atom. The molecule has 0 amide bonds. The molecule has 5 nitrogen and oxygen atoms in total. The van der Waals surface area contributed by atoms with Gasteiger partial charge in [0, 0.05) is 24.9 Å². The zero-order valence-electron chi connectivity index (χ0n) is 15.1. The Labute approximate surface area is 149 Å². The Bertz CT molecular complexity index is 688. The number of aromatic nitrogens is 2. The molecule has 1 aliphatic rings. The molecule has 3 rings (SSSR count). The van der Waals surface area contributed by atoms with Crippen molar-refractivity contribution in [2.45, 2.75) is 39.2 Å². The molecule has 0 saturated carbocycles. The van der Waals surface area contributed by atoms with E-state index in [9.17, 15) is 5.11 Å². The van der Waals surface area contributed by atoms with Crippen LogP contribution in [0.25, 0.3) is 0 Å². The summed E-state index contributed by atoms with van der Waals surface area (Å²) in [6.45, 7) is 6.21. The van der Waals surface area contributed by atoms with E-state index >= 15 is 0 Å². The molecule has 2 heterocycles. The molecular weight excluding hydrogens is 312 g/mol. The van der Waals surface area contributed by atoms with Crippen LogP contribution in [0.3, 0.4) is 0 Å². The Morgan fingerprint density at radius 3 is 2.60 bits per heavy atom. The summed E-state index contributed by atoms with van der Waals surface area (Å²) in [4.78, 5) is 9.69. The molecular formula is C20H28N4O. The number of fused-ring (bicyclic) bond motifs is 1. The van der Waals surface area contributed by atoms with Gasteiger partial charge < -0.3 is 15.7 Å². The second-order valence-electron chi connectivity index (χ2n) is 7.00. The van der Waals surface area contributed by atoms with E-state index in [0.717, 1.165) is 49.7 Å². The van der Waals surface area contributed by atoms with Gasteiger partial charge >= 0.3 is 0 Å². The van der Waals surface area contributed by atoms with Gasteiger partial charge in [0.15, 0.2) is 0 Å². The highest BCUT2D eigenvalue weighted by molar-refractivity contribution is 5.49. The van der Waals surface area contributed by atoms with Gasteiger partial charge in [0.1, 0.15) is 11.6 Å². The molecule has 1 atom stereocenters. The van der Waals surface area contributed by atoms with Gasteiger partial charge in [-0.1, -0.05) is 44.2 Å². The molecule has 1 aromatic carbocycles. The van der Waals surface area contributed by atoms with Crippen LogP contribution in [0, 0.1) is 5.92 Å². The minimum absolute atomic E-state index is 0.000197. The third-order valence-corrected chi connectivity index (χ3v) is 4.76. The van der Waals surface area contributed by atoms with E-state index in [1.54, 1.807) is 0 Å². The number of benzene rings is 1. The highest BCUT2D eigenvalue weighted by atomic mass is 16.3. The number of aliphatic hydroxyl groups excluding tert-OH is 1. The predicted octanol–water partition coefficient (Wildman–Crippen LogP) is 2.18. The van der Waals surface area contributed by atoms with E-state index in [-0.39, 0.29) is 12.6 Å².